The number of amidine groups is 1. The van der Waals surface area contributed by atoms with E-state index in [0.29, 0.717) is 31.9 Å². The van der Waals surface area contributed by atoms with Crippen molar-refractivity contribution in [3.63, 3.8) is 0 Å². The van der Waals surface area contributed by atoms with Gasteiger partial charge in [-0.15, -0.1) is 0 Å². The Bertz CT molecular complexity index is 659. The fourth-order valence-corrected chi connectivity index (χ4v) is 2.60. The number of benzene rings is 1. The molecule has 0 saturated carbocycles. The molecule has 0 unspecified atom stereocenters. The van der Waals surface area contributed by atoms with Crippen LogP contribution < -0.4 is 4.90 Å². The van der Waals surface area contributed by atoms with E-state index in [1.54, 1.807) is 12.2 Å². The van der Waals surface area contributed by atoms with Crippen LogP contribution in [0.15, 0.2) is 53.2 Å². The average Bonchev–Trinajstić information content (AvgIpc) is 2.91. The van der Waals surface area contributed by atoms with Gasteiger partial charge in [-0.3, -0.25) is 15.0 Å². The van der Waals surface area contributed by atoms with E-state index < -0.39 is 0 Å². The van der Waals surface area contributed by atoms with Crippen LogP contribution in [0.25, 0.3) is 0 Å². The van der Waals surface area contributed by atoms with Crippen molar-refractivity contribution in [3.8, 4) is 0 Å². The molecule has 114 valence electrons. The Kier molecular flexibility index (Phi) is 4.06. The Morgan fingerprint density at radius 3 is 2.73 bits per heavy atom. The fourth-order valence-electron chi connectivity index (χ4n) is 2.60. The zero-order valence-electron chi connectivity index (χ0n) is 12.6. The van der Waals surface area contributed by atoms with Gasteiger partial charge in [0, 0.05) is 23.9 Å². The smallest absolute Gasteiger partial charge is 0.180 e. The van der Waals surface area contributed by atoms with Crippen molar-refractivity contribution in [1.29, 1.82) is 0 Å². The molecule has 2 aliphatic rings. The zero-order chi connectivity index (χ0) is 15.5. The first-order valence-corrected chi connectivity index (χ1v) is 7.38. The van der Waals surface area contributed by atoms with E-state index in [4.69, 9.17) is 0 Å². The highest BCUT2D eigenvalue weighted by Gasteiger charge is 2.21. The molecule has 1 aliphatic carbocycles. The van der Waals surface area contributed by atoms with Crippen LogP contribution >= 0.6 is 0 Å². The summed E-state index contributed by atoms with van der Waals surface area (Å²) in [6, 6.07) is 8.12. The van der Waals surface area contributed by atoms with Crippen LogP contribution in [0.1, 0.15) is 12.0 Å². The number of ketones is 1. The number of aliphatic imine (C=N–C) groups is 1. The van der Waals surface area contributed by atoms with E-state index in [-0.39, 0.29) is 5.78 Å². The minimum Gasteiger partial charge on any atom is -0.337 e. The highest BCUT2D eigenvalue weighted by molar-refractivity contribution is 6.01. The molecule has 0 radical (unpaired) electrons. The summed E-state index contributed by atoms with van der Waals surface area (Å²) >= 11 is 0. The molecule has 1 aromatic rings. The van der Waals surface area contributed by atoms with Crippen molar-refractivity contribution in [2.45, 2.75) is 13.3 Å². The molecule has 1 aliphatic heterocycles. The lowest BCUT2D eigenvalue weighted by molar-refractivity contribution is -0.110. The van der Waals surface area contributed by atoms with Crippen molar-refractivity contribution in [2.75, 3.05) is 24.5 Å². The quantitative estimate of drug-likeness (QED) is 0.926. The van der Waals surface area contributed by atoms with Crippen molar-refractivity contribution in [3.05, 3.63) is 53.8 Å². The number of rotatable bonds is 4. The monoisotopic (exact) mass is 297 g/mol. The molecular weight excluding hydrogens is 278 g/mol. The van der Waals surface area contributed by atoms with Gasteiger partial charge in [-0.2, -0.15) is 0 Å². The Balaban J connectivity index is 1.91. The summed E-state index contributed by atoms with van der Waals surface area (Å²) in [6.45, 7) is 3.61. The van der Waals surface area contributed by atoms with E-state index in [0.717, 1.165) is 11.4 Å². The van der Waals surface area contributed by atoms with Crippen LogP contribution in [0, 0.1) is 6.92 Å². The number of aryl methyl sites for hydroxylation is 1. The van der Waals surface area contributed by atoms with Gasteiger partial charge in [0.25, 0.3) is 0 Å². The summed E-state index contributed by atoms with van der Waals surface area (Å²) in [5.41, 5.74) is 3.08. The lowest BCUT2D eigenvalue weighted by Gasteiger charge is -2.29. The number of hydroxylamine groups is 2. The van der Waals surface area contributed by atoms with Gasteiger partial charge in [0.1, 0.15) is 5.84 Å². The molecule has 0 aromatic heterocycles. The molecule has 0 saturated heterocycles. The molecule has 0 amide bonds. The number of carbonyl (C=O) groups is 1. The zero-order valence-corrected chi connectivity index (χ0v) is 12.6. The molecule has 0 atom stereocenters. The summed E-state index contributed by atoms with van der Waals surface area (Å²) in [5.74, 6) is 0.621. The second-order valence-electron chi connectivity index (χ2n) is 5.49. The maximum Gasteiger partial charge on any atom is 0.180 e. The number of nitrogens with zero attached hydrogens (tertiary/aromatic N) is 3. The number of hydrogen-bond donors (Lipinski definition) is 1. The Morgan fingerprint density at radius 1 is 1.32 bits per heavy atom. The van der Waals surface area contributed by atoms with Crippen molar-refractivity contribution in [2.24, 2.45) is 4.99 Å². The van der Waals surface area contributed by atoms with Gasteiger partial charge < -0.3 is 4.90 Å². The summed E-state index contributed by atoms with van der Waals surface area (Å²) in [4.78, 5) is 18.1. The third-order valence-electron chi connectivity index (χ3n) is 3.81. The predicted molar refractivity (Wildman–Crippen MR) is 86.2 cm³/mol. The van der Waals surface area contributed by atoms with Gasteiger partial charge in [0.15, 0.2) is 5.78 Å². The van der Waals surface area contributed by atoms with E-state index in [9.17, 15) is 10.0 Å². The Hall–Kier alpha value is -2.40. The van der Waals surface area contributed by atoms with Gasteiger partial charge >= 0.3 is 0 Å². The molecule has 1 N–H and O–H groups in total. The fraction of sp³-hybridized carbons (Fsp3) is 0.294. The minimum absolute atomic E-state index is 0.00687. The molecule has 0 fully saturated rings. The SMILES string of the molecule is Cc1ccc(N(CC2=NCCN2O)C2=CC(=O)C=CC2)cc1. The van der Waals surface area contributed by atoms with E-state index in [1.807, 2.05) is 42.2 Å². The van der Waals surface area contributed by atoms with Gasteiger partial charge in [-0.1, -0.05) is 23.8 Å². The van der Waals surface area contributed by atoms with Gasteiger partial charge in [-0.05, 0) is 25.1 Å². The largest absolute Gasteiger partial charge is 0.337 e. The molecule has 5 nitrogen and oxygen atoms in total. The standard InChI is InChI=1S/C17H19N3O2/c1-13-5-7-14(8-6-13)19(12-17-18-9-10-20(17)22)15-3-2-4-16(21)11-15/h2,4-8,11,22H,3,9-10,12H2,1H3. The Labute approximate surface area is 129 Å². The number of allylic oxidation sites excluding steroid dienone is 3. The van der Waals surface area contributed by atoms with E-state index in [1.165, 1.54) is 10.6 Å². The summed E-state index contributed by atoms with van der Waals surface area (Å²) in [5, 5.41) is 11.0. The van der Waals surface area contributed by atoms with Gasteiger partial charge in [-0.25, -0.2) is 5.06 Å². The minimum atomic E-state index is -0.00687. The van der Waals surface area contributed by atoms with Gasteiger partial charge in [0.2, 0.25) is 0 Å². The van der Waals surface area contributed by atoms with Crippen LogP contribution in [0.3, 0.4) is 0 Å². The molecule has 0 spiro atoms. The third-order valence-corrected chi connectivity index (χ3v) is 3.81. The number of carbonyl (C=O) groups excluding carboxylic acids is 1. The molecule has 0 bridgehead atoms. The first-order valence-electron chi connectivity index (χ1n) is 7.38. The summed E-state index contributed by atoms with van der Waals surface area (Å²) in [7, 11) is 0. The van der Waals surface area contributed by atoms with Crippen LogP contribution in [0.2, 0.25) is 0 Å². The van der Waals surface area contributed by atoms with E-state index in [2.05, 4.69) is 4.99 Å². The molecule has 1 aromatic carbocycles. The lowest BCUT2D eigenvalue weighted by atomic mass is 10.1. The van der Waals surface area contributed by atoms with Gasteiger partial charge in [0.05, 0.1) is 19.6 Å². The third kappa shape index (κ3) is 3.09. The first kappa shape index (κ1) is 14.5. The van der Waals surface area contributed by atoms with E-state index >= 15 is 0 Å². The maximum atomic E-state index is 11.7. The lowest BCUT2D eigenvalue weighted by Crippen LogP contribution is -2.36. The number of hydrogen-bond acceptors (Lipinski definition) is 5. The molecule has 3 rings (SSSR count). The molecular formula is C17H19N3O2. The first-order chi connectivity index (χ1) is 10.6. The normalized spacial score (nSPS) is 17.5. The predicted octanol–water partition coefficient (Wildman–Crippen LogP) is 2.32. The van der Waals surface area contributed by atoms with Crippen LogP contribution in [0.4, 0.5) is 5.69 Å². The highest BCUT2D eigenvalue weighted by atomic mass is 16.5. The van der Waals surface area contributed by atoms with Crippen LogP contribution in [0.5, 0.6) is 0 Å². The van der Waals surface area contributed by atoms with Crippen molar-refractivity contribution < 1.29 is 10.0 Å². The maximum absolute atomic E-state index is 11.7. The molecule has 22 heavy (non-hydrogen) atoms. The van der Waals surface area contributed by atoms with Crippen molar-refractivity contribution >= 4 is 17.3 Å². The second kappa shape index (κ2) is 6.15. The molecule has 5 heteroatoms. The van der Waals surface area contributed by atoms with Crippen LogP contribution in [-0.4, -0.2) is 41.5 Å². The Morgan fingerprint density at radius 2 is 2.09 bits per heavy atom. The van der Waals surface area contributed by atoms with Crippen LogP contribution in [-0.2, 0) is 4.79 Å². The number of anilines is 1. The second-order valence-corrected chi connectivity index (χ2v) is 5.49. The molecule has 1 heterocycles. The topological polar surface area (TPSA) is 56.1 Å². The summed E-state index contributed by atoms with van der Waals surface area (Å²) < 4.78 is 0. The average molecular weight is 297 g/mol. The summed E-state index contributed by atoms with van der Waals surface area (Å²) in [6.07, 6.45) is 5.80. The highest BCUT2D eigenvalue weighted by Crippen LogP contribution is 2.24. The van der Waals surface area contributed by atoms with Crippen molar-refractivity contribution in [1.82, 2.24) is 5.06 Å².